The normalized spacial score (nSPS) is 10.5. The molecule has 0 aliphatic heterocycles. The molecule has 2 aromatic carbocycles. The van der Waals surface area contributed by atoms with Gasteiger partial charge in [-0.25, -0.2) is 9.37 Å². The Bertz CT molecular complexity index is 972. The summed E-state index contributed by atoms with van der Waals surface area (Å²) in [6.07, 6.45) is 0.0260. The smallest absolute Gasteiger partial charge is 0.273 e. The number of benzene rings is 2. The highest BCUT2D eigenvalue weighted by molar-refractivity contribution is 7.17. The zero-order valence-corrected chi connectivity index (χ0v) is 15.8. The van der Waals surface area contributed by atoms with E-state index in [1.165, 1.54) is 35.6 Å². The minimum atomic E-state index is -0.447. The largest absolute Gasteiger partial charge is 0.281 e. The minimum absolute atomic E-state index is 0.0260. The van der Waals surface area contributed by atoms with Gasteiger partial charge >= 0.3 is 0 Å². The van der Waals surface area contributed by atoms with Crippen molar-refractivity contribution in [2.45, 2.75) is 13.3 Å². The van der Waals surface area contributed by atoms with Crippen LogP contribution in [-0.4, -0.2) is 16.8 Å². The van der Waals surface area contributed by atoms with Crippen molar-refractivity contribution in [3.05, 3.63) is 75.5 Å². The van der Waals surface area contributed by atoms with Crippen molar-refractivity contribution in [2.75, 3.05) is 0 Å². The van der Waals surface area contributed by atoms with E-state index in [1.807, 2.05) is 12.1 Å². The zero-order chi connectivity index (χ0) is 19.4. The predicted molar refractivity (Wildman–Crippen MR) is 103 cm³/mol. The van der Waals surface area contributed by atoms with E-state index in [2.05, 4.69) is 15.8 Å². The molecule has 0 atom stereocenters. The molecule has 5 nitrogen and oxygen atoms in total. The number of halogens is 2. The second-order valence-electron chi connectivity index (χ2n) is 5.75. The van der Waals surface area contributed by atoms with E-state index < -0.39 is 11.8 Å². The van der Waals surface area contributed by atoms with E-state index in [-0.39, 0.29) is 12.2 Å². The maximum absolute atomic E-state index is 12.9. The summed E-state index contributed by atoms with van der Waals surface area (Å²) in [5.41, 5.74) is 6.80. The number of aryl methyl sites for hydroxylation is 1. The molecule has 2 N–H and O–H groups in total. The predicted octanol–water partition coefficient (Wildman–Crippen LogP) is 3.91. The highest BCUT2D eigenvalue weighted by Gasteiger charge is 2.17. The molecule has 138 valence electrons. The molecule has 0 bridgehead atoms. The van der Waals surface area contributed by atoms with Crippen LogP contribution in [0.1, 0.15) is 20.9 Å². The van der Waals surface area contributed by atoms with Crippen LogP contribution in [0.5, 0.6) is 0 Å². The van der Waals surface area contributed by atoms with Gasteiger partial charge in [-0.2, -0.15) is 0 Å². The third-order valence-corrected chi connectivity index (χ3v) is 5.14. The van der Waals surface area contributed by atoms with E-state index in [0.29, 0.717) is 26.2 Å². The second kappa shape index (κ2) is 8.28. The molecule has 0 saturated heterocycles. The molecule has 0 radical (unpaired) electrons. The van der Waals surface area contributed by atoms with Crippen LogP contribution < -0.4 is 10.9 Å². The fraction of sp³-hybridized carbons (Fsp3) is 0.105. The molecule has 1 heterocycles. The lowest BCUT2D eigenvalue weighted by Gasteiger charge is -2.06. The molecule has 3 rings (SSSR count). The van der Waals surface area contributed by atoms with Gasteiger partial charge in [-0.1, -0.05) is 35.9 Å². The molecular formula is C19H15ClFN3O2S. The van der Waals surface area contributed by atoms with Crippen LogP contribution in [0.2, 0.25) is 5.02 Å². The van der Waals surface area contributed by atoms with E-state index in [0.717, 1.165) is 5.56 Å². The number of carbonyl (C=O) groups is 2. The number of carbonyl (C=O) groups excluding carboxylic acids is 2. The molecule has 0 saturated carbocycles. The molecule has 3 aromatic rings. The highest BCUT2D eigenvalue weighted by atomic mass is 35.5. The molecule has 1 aromatic heterocycles. The number of amides is 2. The number of aromatic nitrogens is 1. The Kier molecular flexibility index (Phi) is 5.83. The minimum Gasteiger partial charge on any atom is -0.273 e. The molecule has 0 fully saturated rings. The summed E-state index contributed by atoms with van der Waals surface area (Å²) in [6.45, 7) is 1.73. The summed E-state index contributed by atoms with van der Waals surface area (Å²) in [5.74, 6) is -1.22. The summed E-state index contributed by atoms with van der Waals surface area (Å²) in [5, 5.41) is 1.31. The molecule has 0 aliphatic rings. The van der Waals surface area contributed by atoms with Gasteiger partial charge in [0.05, 0.1) is 12.1 Å². The Morgan fingerprint density at radius 2 is 1.74 bits per heavy atom. The highest BCUT2D eigenvalue weighted by Crippen LogP contribution is 2.28. The summed E-state index contributed by atoms with van der Waals surface area (Å²) >= 11 is 7.11. The first-order chi connectivity index (χ1) is 12.9. The topological polar surface area (TPSA) is 71.1 Å². The van der Waals surface area contributed by atoms with Gasteiger partial charge in [-0.05, 0) is 36.8 Å². The maximum Gasteiger partial charge on any atom is 0.281 e. The maximum atomic E-state index is 12.9. The molecule has 8 heteroatoms. The Balaban J connectivity index is 1.61. The molecule has 0 unspecified atom stereocenters. The molecular weight excluding hydrogens is 389 g/mol. The third-order valence-electron chi connectivity index (χ3n) is 3.69. The molecule has 0 spiro atoms. The summed E-state index contributed by atoms with van der Waals surface area (Å²) in [4.78, 5) is 29.1. The number of rotatable bonds is 4. The average Bonchev–Trinajstić information content (AvgIpc) is 3.04. The van der Waals surface area contributed by atoms with Gasteiger partial charge in [0, 0.05) is 10.6 Å². The van der Waals surface area contributed by atoms with Gasteiger partial charge in [-0.3, -0.25) is 20.4 Å². The summed E-state index contributed by atoms with van der Waals surface area (Å²) < 4.78 is 12.9. The first-order valence-corrected chi connectivity index (χ1v) is 9.19. The van der Waals surface area contributed by atoms with E-state index in [4.69, 9.17) is 11.6 Å². The van der Waals surface area contributed by atoms with Crippen LogP contribution >= 0.6 is 22.9 Å². The second-order valence-corrected chi connectivity index (χ2v) is 7.18. The number of hydrogen-bond donors (Lipinski definition) is 2. The van der Waals surface area contributed by atoms with Crippen molar-refractivity contribution >= 4 is 34.8 Å². The molecule has 27 heavy (non-hydrogen) atoms. The fourth-order valence-corrected chi connectivity index (χ4v) is 3.43. The number of nitrogens with zero attached hydrogens (tertiary/aromatic N) is 1. The Labute approximate surface area is 164 Å². The third kappa shape index (κ3) is 4.90. The van der Waals surface area contributed by atoms with Crippen LogP contribution in [0.25, 0.3) is 10.6 Å². The van der Waals surface area contributed by atoms with Crippen molar-refractivity contribution in [1.82, 2.24) is 15.8 Å². The monoisotopic (exact) mass is 403 g/mol. The van der Waals surface area contributed by atoms with E-state index >= 15 is 0 Å². The van der Waals surface area contributed by atoms with Crippen LogP contribution in [0.15, 0.2) is 48.5 Å². The van der Waals surface area contributed by atoms with Gasteiger partial charge < -0.3 is 0 Å². The van der Waals surface area contributed by atoms with Crippen molar-refractivity contribution in [3.8, 4) is 10.6 Å². The summed E-state index contributed by atoms with van der Waals surface area (Å²) in [7, 11) is 0. The van der Waals surface area contributed by atoms with Crippen molar-refractivity contribution in [2.24, 2.45) is 0 Å². The van der Waals surface area contributed by atoms with Gasteiger partial charge in [0.25, 0.3) is 5.91 Å². The first kappa shape index (κ1) is 19.0. The van der Waals surface area contributed by atoms with Crippen LogP contribution in [-0.2, 0) is 11.2 Å². The van der Waals surface area contributed by atoms with Gasteiger partial charge in [0.2, 0.25) is 5.91 Å². The van der Waals surface area contributed by atoms with Crippen LogP contribution in [0.3, 0.4) is 0 Å². The Hall–Kier alpha value is -2.77. The number of hydrazine groups is 1. The lowest BCUT2D eigenvalue weighted by molar-refractivity contribution is -0.121. The van der Waals surface area contributed by atoms with Crippen molar-refractivity contribution in [1.29, 1.82) is 0 Å². The van der Waals surface area contributed by atoms with Gasteiger partial charge in [-0.15, -0.1) is 11.3 Å². The van der Waals surface area contributed by atoms with Crippen molar-refractivity contribution in [3.63, 3.8) is 0 Å². The Morgan fingerprint density at radius 3 is 2.41 bits per heavy atom. The number of thiazole rings is 1. The standard InChI is InChI=1S/C19H15ClFN3O2S/c1-11-17(27-19(22-11)13-4-6-14(20)7-5-13)18(26)24-23-16(25)10-12-2-8-15(21)9-3-12/h2-9H,10H2,1H3,(H,23,25)(H,24,26). The lowest BCUT2D eigenvalue weighted by Crippen LogP contribution is -2.42. The van der Waals surface area contributed by atoms with E-state index in [9.17, 15) is 14.0 Å². The SMILES string of the molecule is Cc1nc(-c2ccc(Cl)cc2)sc1C(=O)NNC(=O)Cc1ccc(F)cc1. The number of hydrogen-bond acceptors (Lipinski definition) is 4. The van der Waals surface area contributed by atoms with E-state index in [1.54, 1.807) is 19.1 Å². The first-order valence-electron chi connectivity index (χ1n) is 7.99. The quantitative estimate of drug-likeness (QED) is 0.649. The molecule has 0 aliphatic carbocycles. The van der Waals surface area contributed by atoms with Gasteiger partial charge in [0.15, 0.2) is 0 Å². The lowest BCUT2D eigenvalue weighted by atomic mass is 10.1. The van der Waals surface area contributed by atoms with Gasteiger partial charge in [0.1, 0.15) is 15.7 Å². The Morgan fingerprint density at radius 1 is 1.07 bits per heavy atom. The number of nitrogens with one attached hydrogen (secondary N) is 2. The average molecular weight is 404 g/mol. The zero-order valence-electron chi connectivity index (χ0n) is 14.3. The molecule has 2 amide bonds. The van der Waals surface area contributed by atoms with Crippen molar-refractivity contribution < 1.29 is 14.0 Å². The summed E-state index contributed by atoms with van der Waals surface area (Å²) in [6, 6.07) is 12.7. The fourth-order valence-electron chi connectivity index (χ4n) is 2.34. The van der Waals surface area contributed by atoms with Crippen LogP contribution in [0.4, 0.5) is 4.39 Å². The van der Waals surface area contributed by atoms with Crippen LogP contribution in [0, 0.1) is 12.7 Å².